The number of aromatic nitrogens is 3. The summed E-state index contributed by atoms with van der Waals surface area (Å²) in [6.45, 7) is 3.43. The molecule has 2 aromatic rings. The van der Waals surface area contributed by atoms with Crippen LogP contribution >= 0.6 is 11.3 Å². The van der Waals surface area contributed by atoms with Crippen LogP contribution in [0.1, 0.15) is 22.1 Å². The predicted molar refractivity (Wildman–Crippen MR) is 60.9 cm³/mol. The van der Waals surface area contributed by atoms with Gasteiger partial charge in [0, 0.05) is 11.1 Å². The van der Waals surface area contributed by atoms with Crippen LogP contribution in [0.15, 0.2) is 10.2 Å². The molecule has 2 heterocycles. The fraction of sp³-hybridized carbons (Fsp3) is 0.300. The number of thiazole rings is 1. The number of hydrogen-bond acceptors (Lipinski definition) is 5. The van der Waals surface area contributed by atoms with Crippen LogP contribution in [0.2, 0.25) is 0 Å². The van der Waals surface area contributed by atoms with Gasteiger partial charge in [-0.15, -0.1) is 11.3 Å². The van der Waals surface area contributed by atoms with E-state index in [2.05, 4.69) is 15.0 Å². The first-order chi connectivity index (χ1) is 7.56. The Labute approximate surface area is 95.8 Å². The summed E-state index contributed by atoms with van der Waals surface area (Å²) in [5.74, 6) is 0.217. The molecule has 0 atom stereocenters. The molecule has 5 nitrogen and oxygen atoms in total. The maximum absolute atomic E-state index is 11.4. The van der Waals surface area contributed by atoms with Gasteiger partial charge in [0.15, 0.2) is 0 Å². The summed E-state index contributed by atoms with van der Waals surface area (Å²) in [7, 11) is 0. The molecule has 0 aliphatic carbocycles. The first-order valence-electron chi connectivity index (χ1n) is 4.76. The summed E-state index contributed by atoms with van der Waals surface area (Å²) in [5.41, 5.74) is 0.869. The van der Waals surface area contributed by atoms with Gasteiger partial charge in [0.05, 0.1) is 12.0 Å². The van der Waals surface area contributed by atoms with E-state index in [-0.39, 0.29) is 17.0 Å². The van der Waals surface area contributed by atoms with E-state index >= 15 is 0 Å². The highest BCUT2D eigenvalue weighted by Gasteiger charge is 2.08. The Morgan fingerprint density at radius 1 is 1.44 bits per heavy atom. The zero-order valence-corrected chi connectivity index (χ0v) is 9.76. The molecule has 2 N–H and O–H groups in total. The highest BCUT2D eigenvalue weighted by Crippen LogP contribution is 2.13. The average Bonchev–Trinajstić information content (AvgIpc) is 2.60. The minimum atomic E-state index is -0.309. The summed E-state index contributed by atoms with van der Waals surface area (Å²) in [5, 5.41) is 12.2. The van der Waals surface area contributed by atoms with E-state index < -0.39 is 0 Å². The van der Waals surface area contributed by atoms with Crippen LogP contribution < -0.4 is 5.56 Å². The van der Waals surface area contributed by atoms with Gasteiger partial charge in [-0.05, 0) is 13.8 Å². The number of aryl methyl sites for hydroxylation is 1. The van der Waals surface area contributed by atoms with Crippen LogP contribution in [-0.4, -0.2) is 20.1 Å². The van der Waals surface area contributed by atoms with Crippen LogP contribution in [0.5, 0.6) is 5.88 Å². The van der Waals surface area contributed by atoms with Gasteiger partial charge in [-0.3, -0.25) is 4.79 Å². The highest BCUT2D eigenvalue weighted by molar-refractivity contribution is 7.09. The maximum Gasteiger partial charge on any atom is 0.257 e. The van der Waals surface area contributed by atoms with Gasteiger partial charge in [0.25, 0.3) is 5.56 Å². The minimum Gasteiger partial charge on any atom is -0.493 e. The lowest BCUT2D eigenvalue weighted by Crippen LogP contribution is -2.14. The smallest absolute Gasteiger partial charge is 0.257 e. The van der Waals surface area contributed by atoms with Gasteiger partial charge in [-0.25, -0.2) is 4.98 Å². The van der Waals surface area contributed by atoms with Crippen LogP contribution in [0.4, 0.5) is 0 Å². The van der Waals surface area contributed by atoms with Crippen molar-refractivity contribution < 1.29 is 5.11 Å². The van der Waals surface area contributed by atoms with Gasteiger partial charge in [-0.1, -0.05) is 0 Å². The van der Waals surface area contributed by atoms with Crippen molar-refractivity contribution in [2.75, 3.05) is 0 Å². The molecule has 84 valence electrons. The molecule has 0 radical (unpaired) electrons. The van der Waals surface area contributed by atoms with Crippen molar-refractivity contribution in [3.8, 4) is 5.88 Å². The molecule has 0 saturated heterocycles. The van der Waals surface area contributed by atoms with Gasteiger partial charge in [-0.2, -0.15) is 4.98 Å². The molecule has 0 aliphatic rings. The molecule has 0 saturated carbocycles. The maximum atomic E-state index is 11.4. The molecule has 0 fully saturated rings. The average molecular weight is 237 g/mol. The lowest BCUT2D eigenvalue weighted by molar-refractivity contribution is 0.443. The molecular formula is C10H11N3O2S. The fourth-order valence-corrected chi connectivity index (χ4v) is 2.05. The highest BCUT2D eigenvalue weighted by atomic mass is 32.1. The molecule has 2 aromatic heterocycles. The van der Waals surface area contributed by atoms with E-state index in [0.29, 0.717) is 12.2 Å². The molecular weight excluding hydrogens is 226 g/mol. The largest absolute Gasteiger partial charge is 0.493 e. The number of aromatic amines is 1. The molecule has 6 heteroatoms. The number of nitrogens with zero attached hydrogens (tertiary/aromatic N) is 2. The summed E-state index contributed by atoms with van der Waals surface area (Å²) in [6.07, 6.45) is 0.432. The van der Waals surface area contributed by atoms with Gasteiger partial charge >= 0.3 is 0 Å². The summed E-state index contributed by atoms with van der Waals surface area (Å²) < 4.78 is 0. The zero-order valence-electron chi connectivity index (χ0n) is 8.94. The molecule has 0 bridgehead atoms. The van der Waals surface area contributed by atoms with Crippen molar-refractivity contribution in [1.29, 1.82) is 0 Å². The minimum absolute atomic E-state index is 0.216. The van der Waals surface area contributed by atoms with Crippen molar-refractivity contribution in [3.63, 3.8) is 0 Å². The summed E-state index contributed by atoms with van der Waals surface area (Å²) in [6, 6.07) is 0. The molecule has 0 aliphatic heterocycles. The van der Waals surface area contributed by atoms with Crippen molar-refractivity contribution >= 4 is 11.3 Å². The van der Waals surface area contributed by atoms with Crippen molar-refractivity contribution in [2.24, 2.45) is 0 Å². The molecule has 2 rings (SSSR count). The third-order valence-corrected chi connectivity index (χ3v) is 3.13. The quantitative estimate of drug-likeness (QED) is 0.821. The van der Waals surface area contributed by atoms with E-state index in [0.717, 1.165) is 10.7 Å². The summed E-state index contributed by atoms with van der Waals surface area (Å²) >= 11 is 1.51. The van der Waals surface area contributed by atoms with E-state index in [1.165, 1.54) is 18.3 Å². The van der Waals surface area contributed by atoms with Crippen LogP contribution in [0.3, 0.4) is 0 Å². The number of aromatic hydroxyl groups is 1. The number of nitrogens with one attached hydrogen (secondary N) is 1. The van der Waals surface area contributed by atoms with E-state index in [1.54, 1.807) is 0 Å². The number of H-pyrrole nitrogens is 1. The predicted octanol–water partition coefficient (Wildman–Crippen LogP) is 1.14. The van der Waals surface area contributed by atoms with Crippen LogP contribution in [0, 0.1) is 13.8 Å². The normalized spacial score (nSPS) is 10.6. The van der Waals surface area contributed by atoms with Crippen molar-refractivity contribution in [2.45, 2.75) is 20.3 Å². The molecule has 0 amide bonds. The number of hydrogen-bond donors (Lipinski definition) is 2. The lowest BCUT2D eigenvalue weighted by Gasteiger charge is -2.00. The molecule has 0 unspecified atom stereocenters. The Morgan fingerprint density at radius 2 is 2.19 bits per heavy atom. The molecule has 0 aromatic carbocycles. The monoisotopic (exact) mass is 237 g/mol. The Balaban J connectivity index is 2.32. The third-order valence-electron chi connectivity index (χ3n) is 2.16. The summed E-state index contributed by atoms with van der Waals surface area (Å²) in [4.78, 5) is 22.2. The Morgan fingerprint density at radius 3 is 2.75 bits per heavy atom. The van der Waals surface area contributed by atoms with Gasteiger partial charge in [0.2, 0.25) is 5.88 Å². The van der Waals surface area contributed by atoms with E-state index in [9.17, 15) is 9.90 Å². The first kappa shape index (κ1) is 10.8. The van der Waals surface area contributed by atoms with Crippen molar-refractivity contribution in [3.05, 3.63) is 37.8 Å². The topological polar surface area (TPSA) is 78.9 Å². The fourth-order valence-electron chi connectivity index (χ4n) is 1.28. The number of rotatable bonds is 2. The van der Waals surface area contributed by atoms with Crippen molar-refractivity contribution in [1.82, 2.24) is 15.0 Å². The molecule has 16 heavy (non-hydrogen) atoms. The second kappa shape index (κ2) is 4.05. The van der Waals surface area contributed by atoms with Crippen LogP contribution in [-0.2, 0) is 6.42 Å². The van der Waals surface area contributed by atoms with E-state index in [4.69, 9.17) is 0 Å². The third kappa shape index (κ3) is 2.11. The second-order valence-electron chi connectivity index (χ2n) is 3.52. The lowest BCUT2D eigenvalue weighted by atomic mass is 10.3. The van der Waals surface area contributed by atoms with Gasteiger partial charge < -0.3 is 10.1 Å². The zero-order chi connectivity index (χ0) is 11.7. The molecule has 0 spiro atoms. The second-order valence-corrected chi connectivity index (χ2v) is 4.46. The van der Waals surface area contributed by atoms with Gasteiger partial charge in [0.1, 0.15) is 10.8 Å². The Bertz CT molecular complexity index is 574. The van der Waals surface area contributed by atoms with E-state index in [1.807, 2.05) is 12.3 Å². The SMILES string of the molecule is Cc1csc(Cc2nc(O)c(C)c(=O)[nH]2)n1. The van der Waals surface area contributed by atoms with Crippen LogP contribution in [0.25, 0.3) is 0 Å². The Hall–Kier alpha value is -1.69. The standard InChI is InChI=1S/C10H11N3O2S/c1-5-4-16-8(11-5)3-7-12-9(14)6(2)10(15)13-7/h4H,3H2,1-2H3,(H2,12,13,14,15). The Kier molecular flexibility index (Phi) is 2.74. The first-order valence-corrected chi connectivity index (χ1v) is 5.64.